The first kappa shape index (κ1) is 12.1. The monoisotopic (exact) mass is 236 g/mol. The molecule has 0 saturated heterocycles. The lowest BCUT2D eigenvalue weighted by molar-refractivity contribution is 0.0575. The van der Waals surface area contributed by atoms with Gasteiger partial charge in [-0.25, -0.2) is 0 Å². The fourth-order valence-electron chi connectivity index (χ4n) is 1.82. The second-order valence-electron chi connectivity index (χ2n) is 3.86. The zero-order valence-electron chi connectivity index (χ0n) is 9.90. The minimum Gasteiger partial charge on any atom is -0.492 e. The number of benzene rings is 1. The van der Waals surface area contributed by atoms with Gasteiger partial charge >= 0.3 is 0 Å². The lowest BCUT2D eigenvalue weighted by Crippen LogP contribution is -2.12. The van der Waals surface area contributed by atoms with Crippen LogP contribution in [0.4, 0.5) is 0 Å². The van der Waals surface area contributed by atoms with Gasteiger partial charge in [0, 0.05) is 13.5 Å². The molecule has 0 atom stereocenters. The quantitative estimate of drug-likeness (QED) is 0.554. The summed E-state index contributed by atoms with van der Waals surface area (Å²) in [7, 11) is 1.60. The summed E-state index contributed by atoms with van der Waals surface area (Å²) in [5.41, 5.74) is 1.73. The van der Waals surface area contributed by atoms with Crippen LogP contribution < -0.4 is 4.74 Å². The molecule has 0 aromatic heterocycles. The van der Waals surface area contributed by atoms with Crippen LogP contribution in [0.1, 0.15) is 15.9 Å². The van der Waals surface area contributed by atoms with Crippen molar-refractivity contribution in [2.75, 3.05) is 33.5 Å². The molecule has 4 nitrogen and oxygen atoms in total. The Labute approximate surface area is 100 Å². The van der Waals surface area contributed by atoms with Gasteiger partial charge in [0.25, 0.3) is 0 Å². The fourth-order valence-corrected chi connectivity index (χ4v) is 1.82. The van der Waals surface area contributed by atoms with Gasteiger partial charge in [0.1, 0.15) is 12.4 Å². The molecule has 0 amide bonds. The number of ether oxygens (including phenoxy) is 3. The highest BCUT2D eigenvalue weighted by Crippen LogP contribution is 2.29. The summed E-state index contributed by atoms with van der Waals surface area (Å²) >= 11 is 0. The molecule has 0 spiro atoms. The first-order chi connectivity index (χ1) is 8.33. The Hall–Kier alpha value is -1.39. The van der Waals surface area contributed by atoms with Crippen LogP contribution in [0.5, 0.6) is 5.75 Å². The first-order valence-corrected chi connectivity index (χ1v) is 5.67. The van der Waals surface area contributed by atoms with E-state index in [-0.39, 0.29) is 12.4 Å². The SMILES string of the molecule is COCCOCC(=O)c1cccc2c1OCC2. The number of ketones is 1. The molecule has 17 heavy (non-hydrogen) atoms. The largest absolute Gasteiger partial charge is 0.492 e. The Kier molecular flexibility index (Phi) is 4.12. The Morgan fingerprint density at radius 2 is 2.29 bits per heavy atom. The van der Waals surface area contributed by atoms with E-state index in [9.17, 15) is 4.79 Å². The average molecular weight is 236 g/mol. The maximum atomic E-state index is 11.9. The molecule has 0 unspecified atom stereocenters. The lowest BCUT2D eigenvalue weighted by atomic mass is 10.1. The fraction of sp³-hybridized carbons (Fsp3) is 0.462. The zero-order valence-corrected chi connectivity index (χ0v) is 9.90. The molecule has 1 aliphatic rings. The number of carbonyl (C=O) groups excluding carboxylic acids is 1. The number of para-hydroxylation sites is 1. The van der Waals surface area contributed by atoms with E-state index in [1.54, 1.807) is 13.2 Å². The third kappa shape index (κ3) is 2.84. The van der Waals surface area contributed by atoms with E-state index in [0.717, 1.165) is 17.7 Å². The number of rotatable bonds is 6. The van der Waals surface area contributed by atoms with Crippen molar-refractivity contribution in [2.45, 2.75) is 6.42 Å². The molecule has 0 bridgehead atoms. The molecular weight excluding hydrogens is 220 g/mol. The second-order valence-corrected chi connectivity index (χ2v) is 3.86. The topological polar surface area (TPSA) is 44.8 Å². The summed E-state index contributed by atoms with van der Waals surface area (Å²) in [5, 5.41) is 0. The molecule has 92 valence electrons. The van der Waals surface area contributed by atoms with Crippen molar-refractivity contribution < 1.29 is 19.0 Å². The van der Waals surface area contributed by atoms with Gasteiger partial charge in [-0.1, -0.05) is 12.1 Å². The van der Waals surface area contributed by atoms with Crippen LogP contribution in [-0.4, -0.2) is 39.3 Å². The molecule has 0 aliphatic carbocycles. The maximum Gasteiger partial charge on any atom is 0.192 e. The van der Waals surface area contributed by atoms with Crippen molar-refractivity contribution in [1.29, 1.82) is 0 Å². The second kappa shape index (κ2) is 5.80. The zero-order chi connectivity index (χ0) is 12.1. The van der Waals surface area contributed by atoms with Crippen molar-refractivity contribution in [3.63, 3.8) is 0 Å². The van der Waals surface area contributed by atoms with Gasteiger partial charge in [-0.05, 0) is 11.6 Å². The minimum absolute atomic E-state index is 0.0418. The van der Waals surface area contributed by atoms with Gasteiger partial charge in [-0.15, -0.1) is 0 Å². The van der Waals surface area contributed by atoms with Crippen LogP contribution in [0, 0.1) is 0 Å². The van der Waals surface area contributed by atoms with Gasteiger partial charge in [0.05, 0.1) is 25.4 Å². The van der Waals surface area contributed by atoms with Crippen molar-refractivity contribution in [1.82, 2.24) is 0 Å². The van der Waals surface area contributed by atoms with Gasteiger partial charge < -0.3 is 14.2 Å². The molecule has 0 saturated carbocycles. The van der Waals surface area contributed by atoms with Crippen LogP contribution in [0.3, 0.4) is 0 Å². The van der Waals surface area contributed by atoms with Crippen LogP contribution in [0.25, 0.3) is 0 Å². The molecule has 1 heterocycles. The summed E-state index contributed by atoms with van der Waals surface area (Å²) < 4.78 is 15.5. The first-order valence-electron chi connectivity index (χ1n) is 5.67. The molecule has 4 heteroatoms. The molecule has 1 aliphatic heterocycles. The number of hydrogen-bond acceptors (Lipinski definition) is 4. The highest BCUT2D eigenvalue weighted by Gasteiger charge is 2.20. The van der Waals surface area contributed by atoms with E-state index in [0.29, 0.717) is 25.4 Å². The van der Waals surface area contributed by atoms with Gasteiger partial charge in [0.15, 0.2) is 5.78 Å². The summed E-state index contributed by atoms with van der Waals surface area (Å²) in [5.74, 6) is 0.688. The predicted octanol–water partition coefficient (Wildman–Crippen LogP) is 1.47. The highest BCUT2D eigenvalue weighted by molar-refractivity contribution is 6.00. The summed E-state index contributed by atoms with van der Waals surface area (Å²) in [6.07, 6.45) is 0.876. The van der Waals surface area contributed by atoms with Crippen molar-refractivity contribution in [2.24, 2.45) is 0 Å². The third-order valence-electron chi connectivity index (χ3n) is 2.68. The van der Waals surface area contributed by atoms with Gasteiger partial charge in [0.2, 0.25) is 0 Å². The van der Waals surface area contributed by atoms with E-state index < -0.39 is 0 Å². The van der Waals surface area contributed by atoms with Crippen molar-refractivity contribution >= 4 is 5.78 Å². The molecule has 1 aromatic rings. The van der Waals surface area contributed by atoms with E-state index in [2.05, 4.69) is 0 Å². The van der Waals surface area contributed by atoms with Gasteiger partial charge in [-0.3, -0.25) is 4.79 Å². The average Bonchev–Trinajstić information content (AvgIpc) is 2.82. The number of fused-ring (bicyclic) bond motifs is 1. The third-order valence-corrected chi connectivity index (χ3v) is 2.68. The number of hydrogen-bond donors (Lipinski definition) is 0. The van der Waals surface area contributed by atoms with Crippen molar-refractivity contribution in [3.8, 4) is 5.75 Å². The Morgan fingerprint density at radius 3 is 3.12 bits per heavy atom. The smallest absolute Gasteiger partial charge is 0.192 e. The summed E-state index contributed by atoms with van der Waals surface area (Å²) in [6, 6.07) is 5.66. The predicted molar refractivity (Wildman–Crippen MR) is 62.7 cm³/mol. The van der Waals surface area contributed by atoms with Crippen molar-refractivity contribution in [3.05, 3.63) is 29.3 Å². The molecule has 0 N–H and O–H groups in total. The van der Waals surface area contributed by atoms with Crippen LogP contribution in [0.2, 0.25) is 0 Å². The summed E-state index contributed by atoms with van der Waals surface area (Å²) in [6.45, 7) is 1.65. The minimum atomic E-state index is -0.0418. The Morgan fingerprint density at radius 1 is 1.41 bits per heavy atom. The normalized spacial score (nSPS) is 13.2. The molecule has 0 fully saturated rings. The molecule has 0 radical (unpaired) electrons. The van der Waals surface area contributed by atoms with Gasteiger partial charge in [-0.2, -0.15) is 0 Å². The Balaban J connectivity index is 1.97. The highest BCUT2D eigenvalue weighted by atomic mass is 16.5. The van der Waals surface area contributed by atoms with Crippen LogP contribution >= 0.6 is 0 Å². The van der Waals surface area contributed by atoms with Crippen LogP contribution in [-0.2, 0) is 15.9 Å². The van der Waals surface area contributed by atoms with E-state index in [1.165, 1.54) is 0 Å². The molecular formula is C13H16O4. The van der Waals surface area contributed by atoms with E-state index in [4.69, 9.17) is 14.2 Å². The van der Waals surface area contributed by atoms with E-state index >= 15 is 0 Å². The lowest BCUT2D eigenvalue weighted by Gasteiger charge is -2.07. The van der Waals surface area contributed by atoms with Crippen LogP contribution in [0.15, 0.2) is 18.2 Å². The summed E-state index contributed by atoms with van der Waals surface area (Å²) in [4.78, 5) is 11.9. The number of carbonyl (C=O) groups is 1. The van der Waals surface area contributed by atoms with E-state index in [1.807, 2.05) is 12.1 Å². The molecule has 1 aromatic carbocycles. The maximum absolute atomic E-state index is 11.9. The number of Topliss-reactive ketones (excluding diaryl/α,β-unsaturated/α-hetero) is 1. The molecule has 2 rings (SSSR count). The number of methoxy groups -OCH3 is 1. The Bertz CT molecular complexity index is 400. The standard InChI is InChI=1S/C13H16O4/c1-15-7-8-16-9-12(14)11-4-2-3-10-5-6-17-13(10)11/h2-4H,5-9H2,1H3.